The average molecular weight is 269 g/mol. The van der Waals surface area contributed by atoms with E-state index in [0.717, 1.165) is 21.1 Å². The molecule has 1 N–H and O–H groups in total. The molecular formula is C10H9BrN2O2. The molecule has 78 valence electrons. The van der Waals surface area contributed by atoms with E-state index >= 15 is 0 Å². The monoisotopic (exact) mass is 268 g/mol. The van der Waals surface area contributed by atoms with Crippen LogP contribution in [0.4, 0.5) is 0 Å². The van der Waals surface area contributed by atoms with Crippen molar-refractivity contribution in [3.63, 3.8) is 0 Å². The molecule has 0 aliphatic rings. The number of benzene rings is 1. The molecule has 0 saturated carbocycles. The van der Waals surface area contributed by atoms with E-state index in [2.05, 4.69) is 21.0 Å². The number of aromatic nitrogens is 2. The zero-order chi connectivity index (χ0) is 11.0. The molecule has 0 atom stereocenters. The Bertz CT molecular complexity index is 533. The van der Waals surface area contributed by atoms with Crippen molar-refractivity contribution >= 4 is 32.8 Å². The van der Waals surface area contributed by atoms with Crippen LogP contribution >= 0.6 is 15.9 Å². The molecular weight excluding hydrogens is 260 g/mol. The van der Waals surface area contributed by atoms with Crippen molar-refractivity contribution in [2.75, 3.05) is 0 Å². The SMILES string of the molecule is Cn1nc(Br)c2ccc(CC(=O)O)cc21. The molecule has 4 nitrogen and oxygen atoms in total. The van der Waals surface area contributed by atoms with Crippen LogP contribution in [0.3, 0.4) is 0 Å². The van der Waals surface area contributed by atoms with E-state index in [4.69, 9.17) is 5.11 Å². The van der Waals surface area contributed by atoms with Crippen LogP contribution < -0.4 is 0 Å². The lowest BCUT2D eigenvalue weighted by Gasteiger charge is -1.98. The summed E-state index contributed by atoms with van der Waals surface area (Å²) >= 11 is 3.34. The zero-order valence-corrected chi connectivity index (χ0v) is 9.65. The topological polar surface area (TPSA) is 55.1 Å². The Labute approximate surface area is 94.6 Å². The van der Waals surface area contributed by atoms with Crippen molar-refractivity contribution in [1.82, 2.24) is 9.78 Å². The summed E-state index contributed by atoms with van der Waals surface area (Å²) in [5.41, 5.74) is 1.71. The molecule has 5 heteroatoms. The van der Waals surface area contributed by atoms with Gasteiger partial charge in [-0.15, -0.1) is 0 Å². The summed E-state index contributed by atoms with van der Waals surface area (Å²) in [6, 6.07) is 5.54. The number of hydrogen-bond acceptors (Lipinski definition) is 2. The Hall–Kier alpha value is -1.36. The fourth-order valence-electron chi connectivity index (χ4n) is 1.54. The second-order valence-corrected chi connectivity index (χ2v) is 4.09. The number of aryl methyl sites for hydroxylation is 1. The lowest BCUT2D eigenvalue weighted by atomic mass is 10.1. The van der Waals surface area contributed by atoms with Crippen molar-refractivity contribution in [1.29, 1.82) is 0 Å². The van der Waals surface area contributed by atoms with E-state index in [0.29, 0.717) is 0 Å². The molecule has 0 bridgehead atoms. The summed E-state index contributed by atoms with van der Waals surface area (Å²) in [5, 5.41) is 13.9. The Morgan fingerprint density at radius 3 is 3.00 bits per heavy atom. The van der Waals surface area contributed by atoms with Crippen LogP contribution in [-0.4, -0.2) is 20.9 Å². The maximum atomic E-state index is 10.6. The third kappa shape index (κ3) is 1.87. The van der Waals surface area contributed by atoms with Crippen LogP contribution in [0.25, 0.3) is 10.9 Å². The van der Waals surface area contributed by atoms with Crippen LogP contribution in [-0.2, 0) is 18.3 Å². The molecule has 1 aromatic heterocycles. The molecule has 0 spiro atoms. The van der Waals surface area contributed by atoms with Gasteiger partial charge >= 0.3 is 5.97 Å². The van der Waals surface area contributed by atoms with Gasteiger partial charge in [0, 0.05) is 12.4 Å². The molecule has 2 rings (SSSR count). The fourth-order valence-corrected chi connectivity index (χ4v) is 2.12. The van der Waals surface area contributed by atoms with Gasteiger partial charge in [0.2, 0.25) is 0 Å². The Morgan fingerprint density at radius 1 is 1.60 bits per heavy atom. The number of rotatable bonds is 2. The van der Waals surface area contributed by atoms with Crippen molar-refractivity contribution < 1.29 is 9.90 Å². The third-order valence-corrected chi connectivity index (χ3v) is 2.81. The smallest absolute Gasteiger partial charge is 0.307 e. The van der Waals surface area contributed by atoms with E-state index in [-0.39, 0.29) is 6.42 Å². The molecule has 15 heavy (non-hydrogen) atoms. The second kappa shape index (κ2) is 3.66. The number of fused-ring (bicyclic) bond motifs is 1. The molecule has 0 aliphatic heterocycles. The number of carboxylic acid groups (broad SMARTS) is 1. The molecule has 1 aromatic carbocycles. The third-order valence-electron chi connectivity index (χ3n) is 2.23. The van der Waals surface area contributed by atoms with E-state index in [1.165, 1.54) is 0 Å². The van der Waals surface area contributed by atoms with E-state index < -0.39 is 5.97 Å². The molecule has 0 aliphatic carbocycles. The molecule has 2 aromatic rings. The molecule has 0 amide bonds. The normalized spacial score (nSPS) is 10.8. The largest absolute Gasteiger partial charge is 0.481 e. The standard InChI is InChI=1S/C10H9BrN2O2/c1-13-8-4-6(5-9(14)15)2-3-7(8)10(11)12-13/h2-4H,5H2,1H3,(H,14,15). The van der Waals surface area contributed by atoms with Crippen molar-refractivity contribution in [2.24, 2.45) is 7.05 Å². The predicted octanol–water partition coefficient (Wildman–Crippen LogP) is 1.96. The van der Waals surface area contributed by atoms with Gasteiger partial charge in [-0.05, 0) is 33.6 Å². The van der Waals surface area contributed by atoms with Crippen LogP contribution in [0, 0.1) is 0 Å². The highest BCUT2D eigenvalue weighted by Crippen LogP contribution is 2.23. The quantitative estimate of drug-likeness (QED) is 0.906. The molecule has 0 fully saturated rings. The van der Waals surface area contributed by atoms with Gasteiger partial charge in [0.05, 0.1) is 11.9 Å². The van der Waals surface area contributed by atoms with Crippen molar-refractivity contribution in [3.05, 3.63) is 28.4 Å². The van der Waals surface area contributed by atoms with Gasteiger partial charge in [0.25, 0.3) is 0 Å². The van der Waals surface area contributed by atoms with Crippen LogP contribution in [0.1, 0.15) is 5.56 Å². The summed E-state index contributed by atoms with van der Waals surface area (Å²) < 4.78 is 2.51. The van der Waals surface area contributed by atoms with Crippen molar-refractivity contribution in [3.8, 4) is 0 Å². The minimum atomic E-state index is -0.824. The molecule has 1 heterocycles. The second-order valence-electron chi connectivity index (χ2n) is 3.34. The van der Waals surface area contributed by atoms with Gasteiger partial charge in [-0.2, -0.15) is 5.10 Å². The van der Waals surface area contributed by atoms with Gasteiger partial charge in [0.1, 0.15) is 4.60 Å². The lowest BCUT2D eigenvalue weighted by molar-refractivity contribution is -0.136. The zero-order valence-electron chi connectivity index (χ0n) is 8.07. The molecule has 0 unspecified atom stereocenters. The van der Waals surface area contributed by atoms with E-state index in [9.17, 15) is 4.79 Å². The number of aliphatic carboxylic acids is 1. The van der Waals surface area contributed by atoms with E-state index in [1.54, 1.807) is 4.68 Å². The number of nitrogens with zero attached hydrogens (tertiary/aromatic N) is 2. The highest BCUT2D eigenvalue weighted by Gasteiger charge is 2.07. The summed E-state index contributed by atoms with van der Waals surface area (Å²) in [6.45, 7) is 0. The highest BCUT2D eigenvalue weighted by atomic mass is 79.9. The Kier molecular flexibility index (Phi) is 2.48. The first kappa shape index (κ1) is 10.2. The van der Waals surface area contributed by atoms with Gasteiger partial charge in [-0.3, -0.25) is 9.48 Å². The highest BCUT2D eigenvalue weighted by molar-refractivity contribution is 9.10. The maximum Gasteiger partial charge on any atom is 0.307 e. The van der Waals surface area contributed by atoms with Crippen LogP contribution in [0.15, 0.2) is 22.8 Å². The summed E-state index contributed by atoms with van der Waals surface area (Å²) in [6.07, 6.45) is 0.0404. The van der Waals surface area contributed by atoms with Gasteiger partial charge in [0.15, 0.2) is 0 Å². The molecule has 0 radical (unpaired) electrons. The molecule has 0 saturated heterocycles. The summed E-state index contributed by atoms with van der Waals surface area (Å²) in [4.78, 5) is 10.6. The number of hydrogen-bond donors (Lipinski definition) is 1. The average Bonchev–Trinajstić information content (AvgIpc) is 2.41. The summed E-state index contributed by atoms with van der Waals surface area (Å²) in [7, 11) is 1.83. The van der Waals surface area contributed by atoms with Gasteiger partial charge < -0.3 is 5.11 Å². The minimum absolute atomic E-state index is 0.0404. The minimum Gasteiger partial charge on any atom is -0.481 e. The van der Waals surface area contributed by atoms with Crippen LogP contribution in [0.5, 0.6) is 0 Å². The van der Waals surface area contributed by atoms with E-state index in [1.807, 2.05) is 25.2 Å². The Balaban J connectivity index is 2.55. The van der Waals surface area contributed by atoms with Crippen molar-refractivity contribution in [2.45, 2.75) is 6.42 Å². The van der Waals surface area contributed by atoms with Crippen LogP contribution in [0.2, 0.25) is 0 Å². The Morgan fingerprint density at radius 2 is 2.33 bits per heavy atom. The maximum absolute atomic E-state index is 10.6. The fraction of sp³-hybridized carbons (Fsp3) is 0.200. The van der Waals surface area contributed by atoms with Gasteiger partial charge in [-0.1, -0.05) is 6.07 Å². The lowest BCUT2D eigenvalue weighted by Crippen LogP contribution is -2.00. The number of halogens is 1. The first-order valence-corrected chi connectivity index (χ1v) is 5.20. The first-order chi connectivity index (χ1) is 7.08. The summed E-state index contributed by atoms with van der Waals surface area (Å²) in [5.74, 6) is -0.824. The number of carboxylic acids is 1. The predicted molar refractivity (Wildman–Crippen MR) is 59.8 cm³/mol. The van der Waals surface area contributed by atoms with Gasteiger partial charge in [-0.25, -0.2) is 0 Å². The first-order valence-electron chi connectivity index (χ1n) is 4.41. The number of carbonyl (C=O) groups is 1.